The molecule has 0 radical (unpaired) electrons. The Balaban J connectivity index is 1.54. The van der Waals surface area contributed by atoms with Crippen molar-refractivity contribution < 1.29 is 18.7 Å². The number of carbonyl (C=O) groups excluding carboxylic acids is 1. The van der Waals surface area contributed by atoms with E-state index in [9.17, 15) is 9.18 Å². The van der Waals surface area contributed by atoms with Crippen LogP contribution in [-0.4, -0.2) is 53.4 Å². The molecule has 0 bridgehead atoms. The topological polar surface area (TPSA) is 83.6 Å². The lowest BCUT2D eigenvalue weighted by Gasteiger charge is -2.19. The van der Waals surface area contributed by atoms with Gasteiger partial charge in [0.15, 0.2) is 0 Å². The number of rotatable bonds is 6. The van der Waals surface area contributed by atoms with Crippen molar-refractivity contribution in [2.45, 2.75) is 6.54 Å². The summed E-state index contributed by atoms with van der Waals surface area (Å²) in [6.07, 6.45) is 3.42. The van der Waals surface area contributed by atoms with Gasteiger partial charge in [-0.3, -0.25) is 10.00 Å². The van der Waals surface area contributed by atoms with E-state index >= 15 is 0 Å². The number of H-pyrrole nitrogens is 1. The van der Waals surface area contributed by atoms with Gasteiger partial charge < -0.3 is 14.4 Å². The van der Waals surface area contributed by atoms with Gasteiger partial charge in [0, 0.05) is 43.0 Å². The molecule has 8 nitrogen and oxygen atoms in total. The first-order valence-corrected chi connectivity index (χ1v) is 9.03. The summed E-state index contributed by atoms with van der Waals surface area (Å²) in [5, 5.41) is 6.70. The molecule has 0 aliphatic carbocycles. The molecule has 1 N–H and O–H groups in total. The minimum absolute atomic E-state index is 0.196. The molecule has 3 heterocycles. The monoisotopic (exact) mass is 397 g/mol. The molecule has 1 aliphatic heterocycles. The van der Waals surface area contributed by atoms with E-state index in [1.165, 1.54) is 26.4 Å². The van der Waals surface area contributed by atoms with E-state index in [2.05, 4.69) is 15.2 Å². The number of anilines is 1. The summed E-state index contributed by atoms with van der Waals surface area (Å²) in [6, 6.07) is 7.86. The van der Waals surface area contributed by atoms with Crippen molar-refractivity contribution >= 4 is 11.8 Å². The fourth-order valence-corrected chi connectivity index (χ4v) is 3.35. The summed E-state index contributed by atoms with van der Waals surface area (Å²) >= 11 is 0. The molecular formula is C20H20FN5O3. The van der Waals surface area contributed by atoms with Crippen LogP contribution in [0.2, 0.25) is 0 Å². The van der Waals surface area contributed by atoms with Crippen molar-refractivity contribution in [1.82, 2.24) is 20.1 Å². The van der Waals surface area contributed by atoms with Crippen LogP contribution in [0, 0.1) is 5.82 Å². The lowest BCUT2D eigenvalue weighted by Crippen LogP contribution is -2.32. The third-order valence-corrected chi connectivity index (χ3v) is 4.76. The molecular weight excluding hydrogens is 377 g/mol. The van der Waals surface area contributed by atoms with Crippen molar-refractivity contribution in [2.75, 3.05) is 32.2 Å². The van der Waals surface area contributed by atoms with Crippen LogP contribution >= 0.6 is 0 Å². The highest BCUT2D eigenvalue weighted by Gasteiger charge is 2.31. The van der Waals surface area contributed by atoms with E-state index in [0.717, 1.165) is 11.1 Å². The van der Waals surface area contributed by atoms with Gasteiger partial charge in [-0.15, -0.1) is 0 Å². The summed E-state index contributed by atoms with van der Waals surface area (Å²) in [6.45, 7) is 1.27. The van der Waals surface area contributed by atoms with Crippen LogP contribution in [0.3, 0.4) is 0 Å². The summed E-state index contributed by atoms with van der Waals surface area (Å²) in [5.41, 5.74) is 2.29. The number of methoxy groups -OCH3 is 2. The fourth-order valence-electron chi connectivity index (χ4n) is 3.35. The van der Waals surface area contributed by atoms with Gasteiger partial charge >= 0.3 is 6.03 Å². The second-order valence-electron chi connectivity index (χ2n) is 6.57. The van der Waals surface area contributed by atoms with Crippen LogP contribution < -0.4 is 14.4 Å². The molecule has 29 heavy (non-hydrogen) atoms. The van der Waals surface area contributed by atoms with Crippen molar-refractivity contribution in [3.05, 3.63) is 54.1 Å². The molecule has 9 heteroatoms. The molecule has 2 amide bonds. The largest absolute Gasteiger partial charge is 0.497 e. The van der Waals surface area contributed by atoms with Gasteiger partial charge in [0.25, 0.3) is 0 Å². The number of hydrogen-bond donors (Lipinski definition) is 1. The minimum Gasteiger partial charge on any atom is -0.497 e. The molecule has 0 saturated carbocycles. The van der Waals surface area contributed by atoms with Crippen LogP contribution in [0.15, 0.2) is 42.7 Å². The number of benzene rings is 1. The molecule has 2 aromatic heterocycles. The van der Waals surface area contributed by atoms with Gasteiger partial charge in [-0.05, 0) is 29.8 Å². The second-order valence-corrected chi connectivity index (χ2v) is 6.57. The SMILES string of the molecule is COc1cc(F)cc(CN2CCN(c3ccc(-c4cn[nH]c4)c(OC)n3)C2=O)c1. The maximum absolute atomic E-state index is 13.7. The summed E-state index contributed by atoms with van der Waals surface area (Å²) in [4.78, 5) is 20.6. The van der Waals surface area contributed by atoms with Gasteiger partial charge in [-0.25, -0.2) is 9.18 Å². The molecule has 0 unspecified atom stereocenters. The van der Waals surface area contributed by atoms with Crippen LogP contribution in [0.5, 0.6) is 11.6 Å². The maximum atomic E-state index is 13.7. The Morgan fingerprint density at radius 1 is 1.17 bits per heavy atom. The first-order valence-electron chi connectivity index (χ1n) is 9.03. The number of aromatic amines is 1. The molecule has 1 saturated heterocycles. The zero-order valence-electron chi connectivity index (χ0n) is 16.1. The normalized spacial score (nSPS) is 13.8. The molecule has 4 rings (SSSR count). The maximum Gasteiger partial charge on any atom is 0.326 e. The predicted molar refractivity (Wildman–Crippen MR) is 104 cm³/mol. The standard InChI is InChI=1S/C20H20FN5O3/c1-28-16-8-13(7-15(21)9-16)12-25-5-6-26(20(25)27)18-4-3-17(19(24-18)29-2)14-10-22-23-11-14/h3-4,7-11H,5-6,12H2,1-2H3,(H,22,23). The first-order chi connectivity index (χ1) is 14.1. The van der Waals surface area contributed by atoms with Gasteiger partial charge in [-0.1, -0.05) is 0 Å². The number of urea groups is 1. The Morgan fingerprint density at radius 3 is 2.76 bits per heavy atom. The van der Waals surface area contributed by atoms with Crippen LogP contribution in [-0.2, 0) is 6.54 Å². The van der Waals surface area contributed by atoms with Gasteiger partial charge in [0.2, 0.25) is 5.88 Å². The Kier molecular flexibility index (Phi) is 5.03. The van der Waals surface area contributed by atoms with Crippen LogP contribution in [0.1, 0.15) is 5.56 Å². The Morgan fingerprint density at radius 2 is 2.03 bits per heavy atom. The van der Waals surface area contributed by atoms with Gasteiger partial charge in [0.1, 0.15) is 17.4 Å². The second kappa shape index (κ2) is 7.78. The molecule has 0 atom stereocenters. The molecule has 1 aliphatic rings. The number of carbonyl (C=O) groups is 1. The molecule has 3 aromatic rings. The van der Waals surface area contributed by atoms with Gasteiger partial charge in [0.05, 0.1) is 20.4 Å². The van der Waals surface area contributed by atoms with Crippen molar-refractivity contribution in [2.24, 2.45) is 0 Å². The van der Waals surface area contributed by atoms with Crippen LogP contribution in [0.25, 0.3) is 11.1 Å². The smallest absolute Gasteiger partial charge is 0.326 e. The zero-order valence-corrected chi connectivity index (χ0v) is 16.1. The Labute approximate surface area is 166 Å². The minimum atomic E-state index is -0.399. The third kappa shape index (κ3) is 3.71. The number of ether oxygens (including phenoxy) is 2. The highest BCUT2D eigenvalue weighted by molar-refractivity contribution is 5.93. The number of nitrogens with zero attached hydrogens (tertiary/aromatic N) is 4. The van der Waals surface area contributed by atoms with E-state index in [-0.39, 0.29) is 12.6 Å². The zero-order chi connectivity index (χ0) is 20.4. The van der Waals surface area contributed by atoms with E-state index < -0.39 is 5.82 Å². The number of hydrogen-bond acceptors (Lipinski definition) is 5. The summed E-state index contributed by atoms with van der Waals surface area (Å²) in [7, 11) is 3.01. The third-order valence-electron chi connectivity index (χ3n) is 4.76. The number of halogens is 1. The van der Waals surface area contributed by atoms with Crippen LogP contribution in [0.4, 0.5) is 15.0 Å². The van der Waals surface area contributed by atoms with E-state index in [0.29, 0.717) is 36.1 Å². The molecule has 0 spiro atoms. The van der Waals surface area contributed by atoms with E-state index in [1.54, 1.807) is 34.3 Å². The molecule has 150 valence electrons. The Bertz CT molecular complexity index is 1020. The molecule has 1 aromatic carbocycles. The van der Waals surface area contributed by atoms with Crippen molar-refractivity contribution in [1.29, 1.82) is 0 Å². The average Bonchev–Trinajstić information content (AvgIpc) is 3.38. The quantitative estimate of drug-likeness (QED) is 0.691. The Hall–Kier alpha value is -3.62. The lowest BCUT2D eigenvalue weighted by atomic mass is 10.1. The number of amides is 2. The number of aromatic nitrogens is 3. The summed E-state index contributed by atoms with van der Waals surface area (Å²) < 4.78 is 24.2. The summed E-state index contributed by atoms with van der Waals surface area (Å²) in [5.74, 6) is 0.928. The van der Waals surface area contributed by atoms with E-state index in [1.807, 2.05) is 6.07 Å². The molecule has 1 fully saturated rings. The average molecular weight is 397 g/mol. The number of pyridine rings is 1. The van der Waals surface area contributed by atoms with Crippen molar-refractivity contribution in [3.8, 4) is 22.8 Å². The lowest BCUT2D eigenvalue weighted by molar-refractivity contribution is 0.218. The predicted octanol–water partition coefficient (Wildman–Crippen LogP) is 3.07. The number of nitrogens with one attached hydrogen (secondary N) is 1. The van der Waals surface area contributed by atoms with E-state index in [4.69, 9.17) is 9.47 Å². The van der Waals surface area contributed by atoms with Gasteiger partial charge in [-0.2, -0.15) is 10.1 Å². The highest BCUT2D eigenvalue weighted by atomic mass is 19.1. The fraction of sp³-hybridized carbons (Fsp3) is 0.250. The first kappa shape index (κ1) is 18.7. The van der Waals surface area contributed by atoms with Crippen molar-refractivity contribution in [3.63, 3.8) is 0 Å². The highest BCUT2D eigenvalue weighted by Crippen LogP contribution is 2.31.